The summed E-state index contributed by atoms with van der Waals surface area (Å²) in [5.41, 5.74) is 2.07. The summed E-state index contributed by atoms with van der Waals surface area (Å²) in [7, 11) is 0. The summed E-state index contributed by atoms with van der Waals surface area (Å²) in [6.07, 6.45) is 0. The number of carbonyl (C=O) groups is 1. The van der Waals surface area contributed by atoms with Gasteiger partial charge in [-0.15, -0.1) is 0 Å². The van der Waals surface area contributed by atoms with E-state index in [2.05, 4.69) is 26.6 Å². The molecule has 2 aromatic rings. The molecule has 0 aliphatic rings. The van der Waals surface area contributed by atoms with Gasteiger partial charge in [0.1, 0.15) is 5.75 Å². The van der Waals surface area contributed by atoms with Gasteiger partial charge in [0.05, 0.1) is 6.61 Å². The Balaban J connectivity index is 1.76. The number of amides is 2. The first-order valence-corrected chi connectivity index (χ1v) is 7.95. The number of nitrogens with one attached hydrogen (secondary N) is 2. The van der Waals surface area contributed by atoms with E-state index in [1.807, 2.05) is 55.5 Å². The lowest BCUT2D eigenvalue weighted by Gasteiger charge is -2.09. The Hall–Kier alpha value is -2.01. The van der Waals surface area contributed by atoms with E-state index in [9.17, 15) is 4.79 Å². The van der Waals surface area contributed by atoms with Crippen LogP contribution in [0.4, 0.5) is 4.79 Å². The maximum absolute atomic E-state index is 11.8. The van der Waals surface area contributed by atoms with Crippen LogP contribution in [0.15, 0.2) is 53.0 Å². The summed E-state index contributed by atoms with van der Waals surface area (Å²) >= 11 is 3.46. The molecule has 0 aliphatic carbocycles. The van der Waals surface area contributed by atoms with E-state index in [4.69, 9.17) is 4.74 Å². The fourth-order valence-electron chi connectivity index (χ4n) is 1.93. The van der Waals surface area contributed by atoms with Crippen molar-refractivity contribution in [2.45, 2.75) is 20.0 Å². The Morgan fingerprint density at radius 2 is 1.73 bits per heavy atom. The number of hydrogen-bond donors (Lipinski definition) is 2. The standard InChI is InChI=1S/C17H19BrN2O2/c1-2-22-15-9-7-13(8-10-15)11-19-17(21)20-12-14-5-3-4-6-16(14)18/h3-10H,2,11-12H2,1H3,(H2,19,20,21). The molecule has 0 fully saturated rings. The van der Waals surface area contributed by atoms with Gasteiger partial charge in [-0.05, 0) is 36.2 Å². The molecule has 0 aliphatic heterocycles. The normalized spacial score (nSPS) is 10.1. The molecule has 5 heteroatoms. The molecule has 0 atom stereocenters. The first-order valence-electron chi connectivity index (χ1n) is 7.16. The monoisotopic (exact) mass is 362 g/mol. The number of benzene rings is 2. The molecule has 22 heavy (non-hydrogen) atoms. The van der Waals surface area contributed by atoms with Crippen molar-refractivity contribution in [3.8, 4) is 5.75 Å². The van der Waals surface area contributed by atoms with E-state index < -0.39 is 0 Å². The largest absolute Gasteiger partial charge is 0.494 e. The van der Waals surface area contributed by atoms with Gasteiger partial charge in [0.2, 0.25) is 0 Å². The van der Waals surface area contributed by atoms with Gasteiger partial charge in [0, 0.05) is 17.6 Å². The third-order valence-corrected chi connectivity index (χ3v) is 3.86. The maximum atomic E-state index is 11.8. The summed E-state index contributed by atoms with van der Waals surface area (Å²) in [4.78, 5) is 11.8. The average Bonchev–Trinajstić information content (AvgIpc) is 2.54. The average molecular weight is 363 g/mol. The second-order valence-electron chi connectivity index (χ2n) is 4.70. The topological polar surface area (TPSA) is 50.4 Å². The molecular weight excluding hydrogens is 344 g/mol. The van der Waals surface area contributed by atoms with Crippen LogP contribution in [0.3, 0.4) is 0 Å². The van der Waals surface area contributed by atoms with Gasteiger partial charge in [0.25, 0.3) is 0 Å². The van der Waals surface area contributed by atoms with Gasteiger partial charge in [0.15, 0.2) is 0 Å². The van der Waals surface area contributed by atoms with Gasteiger partial charge in [-0.1, -0.05) is 46.3 Å². The van der Waals surface area contributed by atoms with Crippen molar-refractivity contribution in [1.29, 1.82) is 0 Å². The highest BCUT2D eigenvalue weighted by molar-refractivity contribution is 9.10. The van der Waals surface area contributed by atoms with Crippen molar-refractivity contribution >= 4 is 22.0 Å². The first kappa shape index (κ1) is 16.4. The van der Waals surface area contributed by atoms with Gasteiger partial charge in [-0.3, -0.25) is 0 Å². The third-order valence-electron chi connectivity index (χ3n) is 3.08. The van der Waals surface area contributed by atoms with Crippen LogP contribution in [0.5, 0.6) is 5.75 Å². The molecule has 2 N–H and O–H groups in total. The number of halogens is 1. The number of ether oxygens (including phenoxy) is 1. The number of rotatable bonds is 6. The molecule has 0 saturated heterocycles. The van der Waals surface area contributed by atoms with Crippen molar-refractivity contribution in [1.82, 2.24) is 10.6 Å². The highest BCUT2D eigenvalue weighted by Gasteiger charge is 2.03. The predicted molar refractivity (Wildman–Crippen MR) is 90.8 cm³/mol. The molecule has 0 bridgehead atoms. The Bertz CT molecular complexity index is 614. The molecular formula is C17H19BrN2O2. The van der Waals surface area contributed by atoms with Crippen molar-refractivity contribution < 1.29 is 9.53 Å². The SMILES string of the molecule is CCOc1ccc(CNC(=O)NCc2ccccc2Br)cc1. The second-order valence-corrected chi connectivity index (χ2v) is 5.56. The van der Waals surface area contributed by atoms with Crippen molar-refractivity contribution in [2.24, 2.45) is 0 Å². The minimum Gasteiger partial charge on any atom is -0.494 e. The summed E-state index contributed by atoms with van der Waals surface area (Å²) in [6.45, 7) is 3.56. The van der Waals surface area contributed by atoms with E-state index in [1.54, 1.807) is 0 Å². The zero-order valence-electron chi connectivity index (χ0n) is 12.4. The van der Waals surface area contributed by atoms with Gasteiger partial charge in [-0.2, -0.15) is 0 Å². The minimum absolute atomic E-state index is 0.190. The van der Waals surface area contributed by atoms with E-state index in [-0.39, 0.29) is 6.03 Å². The van der Waals surface area contributed by atoms with Crippen LogP contribution in [-0.2, 0) is 13.1 Å². The van der Waals surface area contributed by atoms with Gasteiger partial charge in [-0.25, -0.2) is 4.79 Å². The van der Waals surface area contributed by atoms with Crippen molar-refractivity contribution in [3.63, 3.8) is 0 Å². The summed E-state index contributed by atoms with van der Waals surface area (Å²) in [5, 5.41) is 5.67. The molecule has 0 spiro atoms. The predicted octanol–water partition coefficient (Wildman–Crippen LogP) is 3.85. The lowest BCUT2D eigenvalue weighted by molar-refractivity contribution is 0.240. The quantitative estimate of drug-likeness (QED) is 0.819. The van der Waals surface area contributed by atoms with Crippen LogP contribution in [-0.4, -0.2) is 12.6 Å². The lowest BCUT2D eigenvalue weighted by Crippen LogP contribution is -2.34. The minimum atomic E-state index is -0.190. The molecule has 0 aromatic heterocycles. The Kier molecular flexibility index (Phi) is 6.27. The molecule has 0 heterocycles. The third kappa shape index (κ3) is 5.07. The van der Waals surface area contributed by atoms with Crippen LogP contribution < -0.4 is 15.4 Å². The number of urea groups is 1. The summed E-state index contributed by atoms with van der Waals surface area (Å²) in [6, 6.07) is 15.3. The molecule has 0 radical (unpaired) electrons. The van der Waals surface area contributed by atoms with E-state index >= 15 is 0 Å². The molecule has 0 saturated carbocycles. The fourth-order valence-corrected chi connectivity index (χ4v) is 2.36. The zero-order valence-corrected chi connectivity index (χ0v) is 14.0. The Morgan fingerprint density at radius 1 is 1.05 bits per heavy atom. The number of carbonyl (C=O) groups excluding carboxylic acids is 1. The van der Waals surface area contributed by atoms with Crippen molar-refractivity contribution in [2.75, 3.05) is 6.61 Å². The molecule has 2 aromatic carbocycles. The highest BCUT2D eigenvalue weighted by atomic mass is 79.9. The summed E-state index contributed by atoms with van der Waals surface area (Å²) < 4.78 is 6.37. The van der Waals surface area contributed by atoms with Crippen LogP contribution in [0, 0.1) is 0 Å². The van der Waals surface area contributed by atoms with Crippen LogP contribution in [0.25, 0.3) is 0 Å². The highest BCUT2D eigenvalue weighted by Crippen LogP contribution is 2.15. The maximum Gasteiger partial charge on any atom is 0.315 e. The second kappa shape index (κ2) is 8.44. The van der Waals surface area contributed by atoms with Gasteiger partial charge < -0.3 is 15.4 Å². The van der Waals surface area contributed by atoms with Crippen molar-refractivity contribution in [3.05, 3.63) is 64.1 Å². The van der Waals surface area contributed by atoms with E-state index in [0.717, 1.165) is 21.3 Å². The van der Waals surface area contributed by atoms with Gasteiger partial charge >= 0.3 is 6.03 Å². The smallest absolute Gasteiger partial charge is 0.315 e. The van der Waals surface area contributed by atoms with E-state index in [0.29, 0.717) is 19.7 Å². The Morgan fingerprint density at radius 3 is 2.41 bits per heavy atom. The fraction of sp³-hybridized carbons (Fsp3) is 0.235. The molecule has 0 unspecified atom stereocenters. The lowest BCUT2D eigenvalue weighted by atomic mass is 10.2. The van der Waals surface area contributed by atoms with Crippen LogP contribution in [0.1, 0.15) is 18.1 Å². The molecule has 2 amide bonds. The Labute approximate surface area is 139 Å². The molecule has 116 valence electrons. The van der Waals surface area contributed by atoms with E-state index in [1.165, 1.54) is 0 Å². The summed E-state index contributed by atoms with van der Waals surface area (Å²) in [5.74, 6) is 0.838. The number of hydrogen-bond acceptors (Lipinski definition) is 2. The first-order chi connectivity index (χ1) is 10.7. The molecule has 2 rings (SSSR count). The van der Waals surface area contributed by atoms with Crippen LogP contribution in [0.2, 0.25) is 0 Å². The zero-order chi connectivity index (χ0) is 15.8. The van der Waals surface area contributed by atoms with Crippen LogP contribution >= 0.6 is 15.9 Å². The molecule has 4 nitrogen and oxygen atoms in total.